The number of amides is 1. The average Bonchev–Trinajstić information content (AvgIpc) is 1.61. The van der Waals surface area contributed by atoms with E-state index in [0.29, 0.717) is 0 Å². The zero-order chi connectivity index (χ0) is 6.57. The Hall–Kier alpha value is -1.46. The van der Waals surface area contributed by atoms with Crippen molar-refractivity contribution in [2.75, 3.05) is 0 Å². The summed E-state index contributed by atoms with van der Waals surface area (Å²) in [5, 5.41) is 6.42. The highest BCUT2D eigenvalue weighted by molar-refractivity contribution is 5.75. The lowest BCUT2D eigenvalue weighted by atomic mass is 11.1. The molecule has 0 aliphatic heterocycles. The lowest BCUT2D eigenvalue weighted by Gasteiger charge is -1.97. The first-order valence-corrected chi connectivity index (χ1v) is 1.69. The molecule has 0 aromatic carbocycles. The van der Waals surface area contributed by atoms with Crippen LogP contribution in [-0.4, -0.2) is 12.1 Å². The van der Waals surface area contributed by atoms with Gasteiger partial charge < -0.3 is 16.3 Å². The molecule has 0 heterocycles. The number of guanidine groups is 1. The Morgan fingerprint density at radius 1 is 1.62 bits per heavy atom. The molecule has 0 atom stereocenters. The molecule has 0 saturated carbocycles. The van der Waals surface area contributed by atoms with Crippen molar-refractivity contribution in [2.45, 2.75) is 0 Å². The standard InChI is InChI=1S/C2H6N4O2/c3-1(4)6-8-2(5)7/h(H2,5,7)(H4,3,4,6). The van der Waals surface area contributed by atoms with E-state index >= 15 is 0 Å². The van der Waals surface area contributed by atoms with Crippen LogP contribution in [0.2, 0.25) is 0 Å². The van der Waals surface area contributed by atoms with Crippen LogP contribution < -0.4 is 16.9 Å². The third-order valence-corrected chi connectivity index (χ3v) is 0.262. The SMILES string of the molecule is N=C(N)NOC(N)=O. The summed E-state index contributed by atoms with van der Waals surface area (Å²) in [5.41, 5.74) is 10.9. The first kappa shape index (κ1) is 6.54. The van der Waals surface area contributed by atoms with Crippen molar-refractivity contribution in [3.8, 4) is 0 Å². The van der Waals surface area contributed by atoms with E-state index < -0.39 is 12.1 Å². The van der Waals surface area contributed by atoms with Gasteiger partial charge in [-0.05, 0) is 0 Å². The molecule has 0 aliphatic carbocycles. The molecule has 0 bridgehead atoms. The number of nitrogens with two attached hydrogens (primary N) is 2. The molecule has 0 rings (SSSR count). The molecule has 6 heteroatoms. The molecule has 0 aliphatic rings. The highest BCUT2D eigenvalue weighted by atomic mass is 16.7. The fourth-order valence-corrected chi connectivity index (χ4v) is 0.105. The van der Waals surface area contributed by atoms with Crippen LogP contribution in [0, 0.1) is 5.41 Å². The van der Waals surface area contributed by atoms with Gasteiger partial charge in [-0.15, -0.1) is 0 Å². The smallest absolute Gasteiger partial charge is 0.368 e. The van der Waals surface area contributed by atoms with Crippen LogP contribution in [-0.2, 0) is 4.84 Å². The summed E-state index contributed by atoms with van der Waals surface area (Å²) in [7, 11) is 0. The lowest BCUT2D eigenvalue weighted by molar-refractivity contribution is 0.129. The third-order valence-electron chi connectivity index (χ3n) is 0.262. The van der Waals surface area contributed by atoms with Crippen LogP contribution in [0.1, 0.15) is 0 Å². The molecule has 0 unspecified atom stereocenters. The van der Waals surface area contributed by atoms with E-state index in [1.165, 1.54) is 0 Å². The van der Waals surface area contributed by atoms with Gasteiger partial charge in [-0.1, -0.05) is 0 Å². The highest BCUT2D eigenvalue weighted by Gasteiger charge is 1.90. The van der Waals surface area contributed by atoms with Crippen LogP contribution in [0.5, 0.6) is 0 Å². The van der Waals surface area contributed by atoms with Crippen molar-refractivity contribution < 1.29 is 9.63 Å². The molecule has 0 spiro atoms. The molecule has 6 N–H and O–H groups in total. The van der Waals surface area contributed by atoms with Gasteiger partial charge in [-0.3, -0.25) is 5.41 Å². The Bertz CT molecular complexity index is 96.6. The molecule has 0 aromatic rings. The number of nitrogens with one attached hydrogen (secondary N) is 2. The molecule has 0 saturated heterocycles. The fourth-order valence-electron chi connectivity index (χ4n) is 0.105. The molecule has 8 heavy (non-hydrogen) atoms. The molecular formula is C2H6N4O2. The quantitative estimate of drug-likeness (QED) is 0.175. The summed E-state index contributed by atoms with van der Waals surface area (Å²) in [4.78, 5) is 13.5. The molecule has 0 aromatic heterocycles. The summed E-state index contributed by atoms with van der Waals surface area (Å²) in [5.74, 6) is -0.469. The summed E-state index contributed by atoms with van der Waals surface area (Å²) in [6.45, 7) is 0. The van der Waals surface area contributed by atoms with Gasteiger partial charge in [0.25, 0.3) is 0 Å². The summed E-state index contributed by atoms with van der Waals surface area (Å²) in [6.07, 6.45) is -1.03. The number of carbonyl (C=O) groups is 1. The van der Waals surface area contributed by atoms with Crippen LogP contribution in [0.3, 0.4) is 0 Å². The molecule has 0 radical (unpaired) electrons. The summed E-state index contributed by atoms with van der Waals surface area (Å²) >= 11 is 0. The van der Waals surface area contributed by atoms with Gasteiger partial charge in [0.05, 0.1) is 0 Å². The van der Waals surface area contributed by atoms with Gasteiger partial charge in [0.2, 0.25) is 5.96 Å². The Kier molecular flexibility index (Phi) is 2.18. The molecule has 1 amide bonds. The second-order valence-corrected chi connectivity index (χ2v) is 0.937. The Morgan fingerprint density at radius 3 is 2.25 bits per heavy atom. The van der Waals surface area contributed by atoms with E-state index in [2.05, 4.69) is 16.3 Å². The van der Waals surface area contributed by atoms with Gasteiger partial charge in [-0.2, -0.15) is 5.48 Å². The molecule has 6 nitrogen and oxygen atoms in total. The largest absolute Gasteiger partial charge is 0.428 e. The lowest BCUT2D eigenvalue weighted by Crippen LogP contribution is -2.34. The maximum Gasteiger partial charge on any atom is 0.428 e. The van der Waals surface area contributed by atoms with E-state index in [4.69, 9.17) is 5.41 Å². The predicted molar refractivity (Wildman–Crippen MR) is 25.7 cm³/mol. The minimum atomic E-state index is -1.03. The zero-order valence-electron chi connectivity index (χ0n) is 3.97. The topological polar surface area (TPSA) is 114 Å². The van der Waals surface area contributed by atoms with Gasteiger partial charge in [0.1, 0.15) is 0 Å². The van der Waals surface area contributed by atoms with Crippen LogP contribution in [0.25, 0.3) is 0 Å². The van der Waals surface area contributed by atoms with Crippen molar-refractivity contribution in [1.82, 2.24) is 5.48 Å². The minimum absolute atomic E-state index is 0.469. The number of rotatable bonds is 0. The first-order valence-electron chi connectivity index (χ1n) is 1.69. The van der Waals surface area contributed by atoms with E-state index in [0.717, 1.165) is 0 Å². The second-order valence-electron chi connectivity index (χ2n) is 0.937. The summed E-state index contributed by atoms with van der Waals surface area (Å²) in [6, 6.07) is 0. The second kappa shape index (κ2) is 2.67. The minimum Gasteiger partial charge on any atom is -0.368 e. The average molecular weight is 118 g/mol. The van der Waals surface area contributed by atoms with Crippen molar-refractivity contribution in [3.05, 3.63) is 0 Å². The Morgan fingerprint density at radius 2 is 2.12 bits per heavy atom. The monoisotopic (exact) mass is 118 g/mol. The number of hydrogen-bond donors (Lipinski definition) is 4. The predicted octanol–water partition coefficient (Wildman–Crippen LogP) is -1.52. The third kappa shape index (κ3) is 4.54. The van der Waals surface area contributed by atoms with Gasteiger partial charge in [-0.25, -0.2) is 4.79 Å². The maximum atomic E-state index is 9.69. The molecule has 0 fully saturated rings. The normalized spacial score (nSPS) is 7.50. The van der Waals surface area contributed by atoms with Crippen molar-refractivity contribution in [1.29, 1.82) is 5.41 Å². The number of carbonyl (C=O) groups excluding carboxylic acids is 1. The highest BCUT2D eigenvalue weighted by Crippen LogP contribution is 1.60. The van der Waals surface area contributed by atoms with Crippen LogP contribution in [0.4, 0.5) is 4.79 Å². The first-order chi connectivity index (χ1) is 3.63. The van der Waals surface area contributed by atoms with Crippen LogP contribution in [0.15, 0.2) is 0 Å². The molecule has 46 valence electrons. The van der Waals surface area contributed by atoms with Crippen LogP contribution >= 0.6 is 0 Å². The Labute approximate surface area is 45.2 Å². The molecular weight excluding hydrogens is 112 g/mol. The number of hydrogen-bond acceptors (Lipinski definition) is 3. The number of hydroxylamine groups is 1. The van der Waals surface area contributed by atoms with E-state index in [1.807, 2.05) is 0 Å². The number of primary amides is 1. The summed E-state index contributed by atoms with van der Waals surface area (Å²) < 4.78 is 0. The van der Waals surface area contributed by atoms with Gasteiger partial charge in [0, 0.05) is 0 Å². The zero-order valence-corrected chi connectivity index (χ0v) is 3.97. The van der Waals surface area contributed by atoms with Gasteiger partial charge >= 0.3 is 6.09 Å². The van der Waals surface area contributed by atoms with E-state index in [-0.39, 0.29) is 0 Å². The maximum absolute atomic E-state index is 9.69. The van der Waals surface area contributed by atoms with E-state index in [1.54, 1.807) is 5.48 Å². The Balaban J connectivity index is 3.18. The van der Waals surface area contributed by atoms with E-state index in [9.17, 15) is 4.79 Å². The fraction of sp³-hybridized carbons (Fsp3) is 0. The van der Waals surface area contributed by atoms with Crippen molar-refractivity contribution in [2.24, 2.45) is 11.5 Å². The van der Waals surface area contributed by atoms with Gasteiger partial charge in [0.15, 0.2) is 0 Å². The van der Waals surface area contributed by atoms with Crippen molar-refractivity contribution >= 4 is 12.1 Å². The van der Waals surface area contributed by atoms with Crippen molar-refractivity contribution in [3.63, 3.8) is 0 Å².